The normalized spacial score (nSPS) is 37.0. The molecule has 1 heterocycles. The van der Waals surface area contributed by atoms with Crippen LogP contribution in [0.2, 0.25) is 0 Å². The monoisotopic (exact) mass is 164 g/mol. The molecule has 0 aliphatic carbocycles. The van der Waals surface area contributed by atoms with E-state index in [4.69, 9.17) is 16.3 Å². The number of hydrogen-bond acceptors (Lipinski definition) is 1. The van der Waals surface area contributed by atoms with Gasteiger partial charge in [0.25, 0.3) is 0 Å². The second kappa shape index (κ2) is 3.04. The maximum atomic E-state index is 5.73. The smallest absolute Gasteiger partial charge is 0.0617 e. The lowest BCUT2D eigenvalue weighted by Crippen LogP contribution is -2.38. The molecule has 0 aromatic carbocycles. The molecule has 1 fully saturated rings. The van der Waals surface area contributed by atoms with Gasteiger partial charge in [-0.1, -0.05) is 0 Å². The fraction of sp³-hybridized carbons (Fsp3) is 1.00. The Morgan fingerprint density at radius 3 is 2.67 bits per heavy atom. The maximum Gasteiger partial charge on any atom is 0.0617 e. The molecule has 1 atom stereocenters. The third kappa shape index (κ3) is 1.95. The molecular weight excluding hydrogens is 152 g/mol. The Bertz CT molecular complexity index is 91.1. The molecule has 0 radical (unpaired) electrons. The average Bonchev–Trinajstić information content (AvgIpc) is 1.90. The largest absolute Gasteiger partial charge is 0.378 e. The van der Waals surface area contributed by atoms with E-state index < -0.39 is 0 Å². The van der Waals surface area contributed by atoms with Gasteiger partial charge in [0, 0.05) is 22.7 Å². The highest BCUT2D eigenvalue weighted by atomic mass is 35.5. The van der Waals surface area contributed by atoms with E-state index in [-0.39, 0.29) is 5.22 Å². The van der Waals surface area contributed by atoms with E-state index >= 15 is 0 Å². The van der Waals surface area contributed by atoms with Crippen LogP contribution in [0.25, 0.3) is 0 Å². The van der Waals surface area contributed by atoms with Crippen LogP contribution in [0.1, 0.15) is 19.3 Å². The lowest BCUT2D eigenvalue weighted by Gasteiger charge is -2.31. The number of hydrogen-bond donors (Lipinski definition) is 0. The van der Waals surface area contributed by atoms with Crippen LogP contribution >= 0.6 is 11.6 Å². The van der Waals surface area contributed by atoms with Crippen molar-refractivity contribution in [2.24, 2.45) is 0 Å². The first-order valence-electron chi connectivity index (χ1n) is 3.47. The molecule has 0 spiro atoms. The summed E-state index contributed by atoms with van der Waals surface area (Å²) in [5.41, 5.74) is 0. The fourth-order valence-electron chi connectivity index (χ4n) is 1.10. The van der Waals surface area contributed by atoms with Gasteiger partial charge in [0.1, 0.15) is 0 Å². The van der Waals surface area contributed by atoms with Crippen LogP contribution in [0.5, 0.6) is 0 Å². The van der Waals surface area contributed by atoms with E-state index in [9.17, 15) is 0 Å². The van der Waals surface area contributed by atoms with E-state index in [2.05, 4.69) is 0 Å². The third-order valence-corrected chi connectivity index (χ3v) is 3.99. The molecule has 0 amide bonds. The minimum Gasteiger partial charge on any atom is -0.378 e. The zero-order valence-corrected chi connectivity index (χ0v) is 8.58. The molecule has 0 aromatic heterocycles. The van der Waals surface area contributed by atoms with Gasteiger partial charge in [-0.05, 0) is 19.3 Å². The number of ether oxygens (including phenoxy) is 1. The van der Waals surface area contributed by atoms with Crippen molar-refractivity contribution in [1.82, 2.24) is 0 Å². The van der Waals surface area contributed by atoms with Gasteiger partial charge in [0.2, 0.25) is 0 Å². The van der Waals surface area contributed by atoms with Crippen molar-refractivity contribution in [1.29, 1.82) is 0 Å². The van der Waals surface area contributed by atoms with E-state index in [0.29, 0.717) is 5.88 Å². The number of alkyl halides is 1. The summed E-state index contributed by atoms with van der Waals surface area (Å²) in [6, 6.07) is 0. The van der Waals surface area contributed by atoms with Gasteiger partial charge in [0.05, 0.1) is 5.22 Å². The molecule has 3 heteroatoms. The second-order valence-corrected chi connectivity index (χ2v) is 4.98. The molecule has 1 saturated heterocycles. The first-order chi connectivity index (χ1) is 4.27. The highest BCUT2D eigenvalue weighted by Crippen LogP contribution is 2.22. The molecule has 0 aromatic rings. The number of halogens is 1. The fourth-order valence-corrected chi connectivity index (χ4v) is 1.87. The lowest BCUT2D eigenvalue weighted by atomic mass is 10.1. The molecule has 1 unspecified atom stereocenters. The highest BCUT2D eigenvalue weighted by Gasteiger charge is 2.25. The zero-order chi connectivity index (χ0) is 6.74. The molecule has 54 valence electrons. The van der Waals surface area contributed by atoms with Gasteiger partial charge in [-0.3, -0.25) is 0 Å². The number of rotatable bonds is 1. The molecule has 0 saturated carbocycles. The average molecular weight is 165 g/mol. The third-order valence-electron chi connectivity index (χ3n) is 1.83. The minimum atomic E-state index is 0.125. The quantitative estimate of drug-likeness (QED) is 0.405. The standard InChI is InChI=1S/C6H13ClOSi/c7-5-6(9)3-1-2-4-8-6/h1-5H2,9H3. The molecule has 1 rings (SSSR count). The van der Waals surface area contributed by atoms with Gasteiger partial charge in [-0.25, -0.2) is 0 Å². The Balaban J connectivity index is 2.37. The molecular formula is C6H13ClOSi. The Kier molecular flexibility index (Phi) is 2.56. The van der Waals surface area contributed by atoms with Crippen LogP contribution < -0.4 is 0 Å². The summed E-state index contributed by atoms with van der Waals surface area (Å²) in [6.07, 6.45) is 3.71. The molecule has 0 bridgehead atoms. The molecule has 1 aliphatic heterocycles. The molecule has 0 N–H and O–H groups in total. The maximum absolute atomic E-state index is 5.73. The Hall–Kier alpha value is 0.467. The van der Waals surface area contributed by atoms with Crippen molar-refractivity contribution in [3.05, 3.63) is 0 Å². The van der Waals surface area contributed by atoms with Crippen molar-refractivity contribution in [2.45, 2.75) is 24.5 Å². The van der Waals surface area contributed by atoms with Crippen LogP contribution in [0.3, 0.4) is 0 Å². The van der Waals surface area contributed by atoms with Crippen molar-refractivity contribution in [2.75, 3.05) is 12.5 Å². The summed E-state index contributed by atoms with van der Waals surface area (Å²) in [5, 5.41) is 0.125. The van der Waals surface area contributed by atoms with Crippen molar-refractivity contribution in [3.63, 3.8) is 0 Å². The lowest BCUT2D eigenvalue weighted by molar-refractivity contribution is -0.00196. The van der Waals surface area contributed by atoms with E-state index in [1.807, 2.05) is 0 Å². The van der Waals surface area contributed by atoms with Gasteiger partial charge in [-0.2, -0.15) is 0 Å². The first kappa shape index (κ1) is 7.57. The van der Waals surface area contributed by atoms with Gasteiger partial charge < -0.3 is 4.74 Å². The van der Waals surface area contributed by atoms with E-state index in [1.54, 1.807) is 0 Å². The van der Waals surface area contributed by atoms with Crippen molar-refractivity contribution >= 4 is 21.8 Å². The second-order valence-electron chi connectivity index (χ2n) is 2.89. The summed E-state index contributed by atoms with van der Waals surface area (Å²) in [5.74, 6) is 0.694. The Morgan fingerprint density at radius 1 is 1.56 bits per heavy atom. The first-order valence-corrected chi connectivity index (χ1v) is 5.00. The van der Waals surface area contributed by atoms with Crippen LogP contribution in [-0.4, -0.2) is 28.0 Å². The minimum absolute atomic E-state index is 0.125. The predicted molar refractivity (Wildman–Crippen MR) is 43.2 cm³/mol. The molecule has 9 heavy (non-hydrogen) atoms. The molecule has 1 aliphatic rings. The SMILES string of the molecule is [SiH3]C1(CCl)CCCCO1. The van der Waals surface area contributed by atoms with Gasteiger partial charge in [-0.15, -0.1) is 11.6 Å². The summed E-state index contributed by atoms with van der Waals surface area (Å²) in [4.78, 5) is 0. The van der Waals surface area contributed by atoms with Crippen LogP contribution in [-0.2, 0) is 4.74 Å². The summed E-state index contributed by atoms with van der Waals surface area (Å²) in [6.45, 7) is 0.927. The van der Waals surface area contributed by atoms with Gasteiger partial charge in [0.15, 0.2) is 0 Å². The summed E-state index contributed by atoms with van der Waals surface area (Å²) >= 11 is 5.73. The van der Waals surface area contributed by atoms with Crippen LogP contribution in [0.15, 0.2) is 0 Å². The van der Waals surface area contributed by atoms with Crippen molar-refractivity contribution < 1.29 is 4.74 Å². The Labute approximate surface area is 64.1 Å². The van der Waals surface area contributed by atoms with Crippen LogP contribution in [0.4, 0.5) is 0 Å². The van der Waals surface area contributed by atoms with Gasteiger partial charge >= 0.3 is 0 Å². The molecule has 1 nitrogen and oxygen atoms in total. The predicted octanol–water partition coefficient (Wildman–Crippen LogP) is 0.487. The topological polar surface area (TPSA) is 9.23 Å². The zero-order valence-electron chi connectivity index (χ0n) is 5.82. The summed E-state index contributed by atoms with van der Waals surface area (Å²) < 4.78 is 5.54. The van der Waals surface area contributed by atoms with Crippen molar-refractivity contribution in [3.8, 4) is 0 Å². The van der Waals surface area contributed by atoms with E-state index in [0.717, 1.165) is 16.8 Å². The summed E-state index contributed by atoms with van der Waals surface area (Å²) in [7, 11) is 1.08. The Morgan fingerprint density at radius 2 is 2.33 bits per heavy atom. The van der Waals surface area contributed by atoms with Crippen LogP contribution in [0, 0.1) is 0 Å². The van der Waals surface area contributed by atoms with E-state index in [1.165, 1.54) is 19.3 Å². The highest BCUT2D eigenvalue weighted by molar-refractivity contribution is 6.25.